The largest absolute Gasteiger partial charge is 0.382 e. The quantitative estimate of drug-likeness (QED) is 0.612. The third-order valence-electron chi connectivity index (χ3n) is 3.01. The van der Waals surface area contributed by atoms with Crippen LogP contribution in [0.15, 0.2) is 24.3 Å². The summed E-state index contributed by atoms with van der Waals surface area (Å²) in [5.74, 6) is 0.792. The van der Waals surface area contributed by atoms with Crippen LogP contribution in [0.5, 0.6) is 0 Å². The Bertz CT molecular complexity index is 375. The lowest BCUT2D eigenvalue weighted by Crippen LogP contribution is -2.04. The van der Waals surface area contributed by atoms with Crippen LogP contribution in [0.25, 0.3) is 0 Å². The van der Waals surface area contributed by atoms with Gasteiger partial charge in [0.15, 0.2) is 0 Å². The fourth-order valence-corrected chi connectivity index (χ4v) is 2.01. The topological polar surface area (TPSA) is 55.2 Å². The summed E-state index contributed by atoms with van der Waals surface area (Å²) in [6, 6.07) is 7.21. The molecule has 0 saturated heterocycles. The second kappa shape index (κ2) is 4.51. The van der Waals surface area contributed by atoms with E-state index < -0.39 is 0 Å². The van der Waals surface area contributed by atoms with E-state index in [1.807, 2.05) is 0 Å². The average Bonchev–Trinajstić information content (AvgIpc) is 2.98. The highest BCUT2D eigenvalue weighted by atomic mass is 16.6. The van der Waals surface area contributed by atoms with Crippen molar-refractivity contribution in [3.05, 3.63) is 34.4 Å². The Morgan fingerprint density at radius 2 is 2.12 bits per heavy atom. The first-order chi connectivity index (χ1) is 7.70. The maximum atomic E-state index is 10.5. The van der Waals surface area contributed by atoms with Crippen molar-refractivity contribution in [2.75, 3.05) is 5.32 Å². The zero-order chi connectivity index (χ0) is 11.5. The van der Waals surface area contributed by atoms with Crippen LogP contribution in [0.3, 0.4) is 0 Å². The van der Waals surface area contributed by atoms with Crippen molar-refractivity contribution in [2.24, 2.45) is 5.92 Å². The molecule has 4 nitrogen and oxygen atoms in total. The molecule has 16 heavy (non-hydrogen) atoms. The van der Waals surface area contributed by atoms with Gasteiger partial charge in [-0.1, -0.05) is 13.3 Å². The number of hydrogen-bond acceptors (Lipinski definition) is 3. The molecule has 0 spiro atoms. The highest BCUT2D eigenvalue weighted by molar-refractivity contribution is 5.50. The molecule has 0 aliphatic heterocycles. The van der Waals surface area contributed by atoms with Gasteiger partial charge >= 0.3 is 0 Å². The first kappa shape index (κ1) is 10.9. The second-order valence-corrected chi connectivity index (χ2v) is 4.34. The number of non-ortho nitro benzene ring substituents is 1. The van der Waals surface area contributed by atoms with E-state index in [-0.39, 0.29) is 10.6 Å². The Morgan fingerprint density at radius 3 is 2.69 bits per heavy atom. The molecule has 0 radical (unpaired) electrons. The second-order valence-electron chi connectivity index (χ2n) is 4.34. The minimum atomic E-state index is -0.374. The Kier molecular flexibility index (Phi) is 3.08. The zero-order valence-electron chi connectivity index (χ0n) is 9.35. The molecule has 2 atom stereocenters. The molecule has 2 unspecified atom stereocenters. The van der Waals surface area contributed by atoms with E-state index in [1.165, 1.54) is 19.3 Å². The van der Waals surface area contributed by atoms with Crippen molar-refractivity contribution in [2.45, 2.75) is 32.2 Å². The maximum absolute atomic E-state index is 10.5. The lowest BCUT2D eigenvalue weighted by molar-refractivity contribution is -0.384. The van der Waals surface area contributed by atoms with Crippen LogP contribution in [0.4, 0.5) is 11.4 Å². The normalized spacial score (nSPS) is 22.8. The monoisotopic (exact) mass is 220 g/mol. The summed E-state index contributed by atoms with van der Waals surface area (Å²) in [7, 11) is 0. The summed E-state index contributed by atoms with van der Waals surface area (Å²) in [4.78, 5) is 10.1. The number of nitro groups is 1. The Morgan fingerprint density at radius 1 is 1.44 bits per heavy atom. The summed E-state index contributed by atoms with van der Waals surface area (Å²) in [5.41, 5.74) is 1.13. The molecule has 0 amide bonds. The molecule has 1 aliphatic rings. The molecule has 1 aromatic rings. The molecule has 4 heteroatoms. The minimum Gasteiger partial charge on any atom is -0.382 e. The van der Waals surface area contributed by atoms with E-state index in [1.54, 1.807) is 24.3 Å². The molecule has 2 rings (SSSR count). The lowest BCUT2D eigenvalue weighted by atomic mass is 10.2. The van der Waals surface area contributed by atoms with Crippen molar-refractivity contribution in [3.8, 4) is 0 Å². The maximum Gasteiger partial charge on any atom is 0.269 e. The van der Waals surface area contributed by atoms with Crippen LogP contribution in [0.1, 0.15) is 26.2 Å². The number of benzene rings is 1. The van der Waals surface area contributed by atoms with Crippen LogP contribution in [0.2, 0.25) is 0 Å². The van der Waals surface area contributed by atoms with Gasteiger partial charge in [-0.2, -0.15) is 0 Å². The number of rotatable bonds is 5. The van der Waals surface area contributed by atoms with Crippen LogP contribution in [0, 0.1) is 16.0 Å². The van der Waals surface area contributed by atoms with Gasteiger partial charge in [-0.05, 0) is 30.9 Å². The summed E-state index contributed by atoms with van der Waals surface area (Å²) in [6.07, 6.45) is 3.72. The Hall–Kier alpha value is -1.58. The smallest absolute Gasteiger partial charge is 0.269 e. The predicted molar refractivity (Wildman–Crippen MR) is 63.5 cm³/mol. The van der Waals surface area contributed by atoms with Gasteiger partial charge in [0, 0.05) is 23.9 Å². The van der Waals surface area contributed by atoms with Gasteiger partial charge in [0.25, 0.3) is 5.69 Å². The van der Waals surface area contributed by atoms with Crippen LogP contribution < -0.4 is 5.32 Å². The fraction of sp³-hybridized carbons (Fsp3) is 0.500. The van der Waals surface area contributed by atoms with Gasteiger partial charge in [0.1, 0.15) is 0 Å². The molecular weight excluding hydrogens is 204 g/mol. The summed E-state index contributed by atoms with van der Waals surface area (Å²) < 4.78 is 0. The van der Waals surface area contributed by atoms with Crippen molar-refractivity contribution in [1.29, 1.82) is 0 Å². The lowest BCUT2D eigenvalue weighted by Gasteiger charge is -2.04. The third kappa shape index (κ3) is 2.51. The SMILES string of the molecule is CCCC1CC1Nc1ccc([N+](=O)[O-])cc1. The zero-order valence-corrected chi connectivity index (χ0v) is 9.35. The summed E-state index contributed by atoms with van der Waals surface area (Å²) in [5, 5.41) is 13.9. The molecule has 0 heterocycles. The molecule has 1 N–H and O–H groups in total. The Balaban J connectivity index is 1.89. The van der Waals surface area contributed by atoms with Crippen molar-refractivity contribution in [1.82, 2.24) is 0 Å². The van der Waals surface area contributed by atoms with E-state index in [0.29, 0.717) is 6.04 Å². The van der Waals surface area contributed by atoms with Crippen molar-refractivity contribution < 1.29 is 4.92 Å². The van der Waals surface area contributed by atoms with Gasteiger partial charge in [-0.15, -0.1) is 0 Å². The van der Waals surface area contributed by atoms with Gasteiger partial charge in [0.05, 0.1) is 4.92 Å². The van der Waals surface area contributed by atoms with E-state index in [4.69, 9.17) is 0 Å². The number of anilines is 1. The minimum absolute atomic E-state index is 0.145. The highest BCUT2D eigenvalue weighted by Crippen LogP contribution is 2.37. The number of nitro benzene ring substituents is 1. The van der Waals surface area contributed by atoms with Gasteiger partial charge < -0.3 is 5.32 Å². The molecule has 1 aromatic carbocycles. The number of hydrogen-bond donors (Lipinski definition) is 1. The van der Waals surface area contributed by atoms with Crippen LogP contribution >= 0.6 is 0 Å². The molecule has 1 fully saturated rings. The first-order valence-corrected chi connectivity index (χ1v) is 5.71. The Labute approximate surface area is 94.8 Å². The van der Waals surface area contributed by atoms with Crippen molar-refractivity contribution in [3.63, 3.8) is 0 Å². The number of nitrogens with one attached hydrogen (secondary N) is 1. The summed E-state index contributed by atoms with van der Waals surface area (Å²) in [6.45, 7) is 2.20. The predicted octanol–water partition coefficient (Wildman–Crippen LogP) is 3.20. The average molecular weight is 220 g/mol. The van der Waals surface area contributed by atoms with Crippen molar-refractivity contribution >= 4 is 11.4 Å². The molecular formula is C12H16N2O2. The van der Waals surface area contributed by atoms with Crippen LogP contribution in [-0.2, 0) is 0 Å². The van der Waals surface area contributed by atoms with E-state index >= 15 is 0 Å². The van der Waals surface area contributed by atoms with Gasteiger partial charge in [-0.25, -0.2) is 0 Å². The van der Waals surface area contributed by atoms with Crippen LogP contribution in [-0.4, -0.2) is 11.0 Å². The first-order valence-electron chi connectivity index (χ1n) is 5.71. The molecule has 0 bridgehead atoms. The highest BCUT2D eigenvalue weighted by Gasteiger charge is 2.35. The van der Waals surface area contributed by atoms with Gasteiger partial charge in [-0.3, -0.25) is 10.1 Å². The summed E-state index contributed by atoms with van der Waals surface area (Å²) >= 11 is 0. The fourth-order valence-electron chi connectivity index (χ4n) is 2.01. The third-order valence-corrected chi connectivity index (χ3v) is 3.01. The van der Waals surface area contributed by atoms with Gasteiger partial charge in [0.2, 0.25) is 0 Å². The molecule has 1 aliphatic carbocycles. The van der Waals surface area contributed by atoms with E-state index in [9.17, 15) is 10.1 Å². The van der Waals surface area contributed by atoms with E-state index in [0.717, 1.165) is 11.6 Å². The number of nitrogens with zero attached hydrogens (tertiary/aromatic N) is 1. The van der Waals surface area contributed by atoms with E-state index in [2.05, 4.69) is 12.2 Å². The molecule has 1 saturated carbocycles. The molecule has 86 valence electrons. The molecule has 0 aromatic heterocycles. The standard InChI is InChI=1S/C12H16N2O2/c1-2-3-9-8-12(9)13-10-4-6-11(7-5-10)14(15)16/h4-7,9,12-13H,2-3,8H2,1H3.